The van der Waals surface area contributed by atoms with E-state index in [0.29, 0.717) is 40.9 Å². The van der Waals surface area contributed by atoms with Gasteiger partial charge in [-0.1, -0.05) is 35.9 Å². The fourth-order valence-electron chi connectivity index (χ4n) is 3.71. The third-order valence-electron chi connectivity index (χ3n) is 5.47. The fourth-order valence-corrected chi connectivity index (χ4v) is 3.91. The summed E-state index contributed by atoms with van der Waals surface area (Å²) in [5.41, 5.74) is -0.00973. The Morgan fingerprint density at radius 2 is 1.79 bits per heavy atom. The first kappa shape index (κ1) is 28.3. The number of anilines is 1. The molecule has 1 atom stereocenters. The molecule has 2 aromatic carbocycles. The molecule has 12 heteroatoms. The summed E-state index contributed by atoms with van der Waals surface area (Å²) in [5, 5.41) is 29.4. The molecule has 1 heterocycles. The van der Waals surface area contributed by atoms with E-state index in [4.69, 9.17) is 21.1 Å². The fraction of sp³-hybridized carbons (Fsp3) is 0.308. The Labute approximate surface area is 224 Å². The van der Waals surface area contributed by atoms with E-state index in [2.05, 4.69) is 15.7 Å². The molecule has 0 radical (unpaired) electrons. The standard InChI is InChI=1S/C26H29ClN4O7/c1-4-37-20-11-10-16(12-21(20)38-5-2)19(13-22(32)33)28-26(36)29-23-24(34)15(3)30-31(25(23)35)14-17-8-6-7-9-18(17)27/h6-12,19,34H,4-5,13-14H2,1-3H3,(H,32,33)(H2,28,29,36)/t19-/m0/s1. The number of aromatic nitrogens is 2. The molecular formula is C26H29ClN4O7. The lowest BCUT2D eigenvalue weighted by Crippen LogP contribution is -2.37. The van der Waals surface area contributed by atoms with Crippen LogP contribution in [0.25, 0.3) is 0 Å². The van der Waals surface area contributed by atoms with Crippen molar-refractivity contribution in [3.05, 3.63) is 74.7 Å². The van der Waals surface area contributed by atoms with E-state index in [0.717, 1.165) is 4.68 Å². The van der Waals surface area contributed by atoms with Gasteiger partial charge in [0.1, 0.15) is 5.69 Å². The Balaban J connectivity index is 1.89. The first-order chi connectivity index (χ1) is 18.1. The van der Waals surface area contributed by atoms with Crippen molar-refractivity contribution in [2.75, 3.05) is 18.5 Å². The van der Waals surface area contributed by atoms with Gasteiger partial charge in [0.05, 0.1) is 32.2 Å². The number of ether oxygens (including phenoxy) is 2. The lowest BCUT2D eigenvalue weighted by atomic mass is 10.0. The highest BCUT2D eigenvalue weighted by Gasteiger charge is 2.23. The first-order valence-corrected chi connectivity index (χ1v) is 12.2. The number of hydrogen-bond donors (Lipinski definition) is 4. The van der Waals surface area contributed by atoms with E-state index in [1.165, 1.54) is 6.92 Å². The largest absolute Gasteiger partial charge is 0.504 e. The van der Waals surface area contributed by atoms with Crippen LogP contribution in [0.3, 0.4) is 0 Å². The van der Waals surface area contributed by atoms with Crippen LogP contribution < -0.4 is 25.7 Å². The van der Waals surface area contributed by atoms with E-state index in [9.17, 15) is 24.6 Å². The summed E-state index contributed by atoms with van der Waals surface area (Å²) in [4.78, 5) is 37.6. The summed E-state index contributed by atoms with van der Waals surface area (Å²) in [6.45, 7) is 5.85. The predicted octanol–water partition coefficient (Wildman–Crippen LogP) is 4.09. The molecule has 0 bridgehead atoms. The SMILES string of the molecule is CCOc1ccc([C@H](CC(=O)O)NC(=O)Nc2c(O)c(C)nn(Cc3ccccc3Cl)c2=O)cc1OCC. The van der Waals surface area contributed by atoms with Crippen molar-refractivity contribution in [1.29, 1.82) is 0 Å². The highest BCUT2D eigenvalue weighted by molar-refractivity contribution is 6.31. The summed E-state index contributed by atoms with van der Waals surface area (Å²) < 4.78 is 12.2. The van der Waals surface area contributed by atoms with Crippen molar-refractivity contribution in [3.63, 3.8) is 0 Å². The minimum absolute atomic E-state index is 0.00392. The van der Waals surface area contributed by atoms with Crippen molar-refractivity contribution in [2.24, 2.45) is 0 Å². The molecule has 2 amide bonds. The van der Waals surface area contributed by atoms with Gasteiger partial charge >= 0.3 is 12.0 Å². The molecule has 1 aromatic heterocycles. The summed E-state index contributed by atoms with van der Waals surface area (Å²) >= 11 is 6.20. The number of nitrogens with one attached hydrogen (secondary N) is 2. The number of rotatable bonds is 11. The second-order valence-electron chi connectivity index (χ2n) is 8.18. The summed E-state index contributed by atoms with van der Waals surface area (Å²) in [6, 6.07) is 9.85. The van der Waals surface area contributed by atoms with E-state index in [1.54, 1.807) is 49.4 Å². The number of carboxylic acid groups (broad SMARTS) is 1. The van der Waals surface area contributed by atoms with Gasteiger partial charge in [-0.05, 0) is 50.1 Å². The van der Waals surface area contributed by atoms with E-state index in [1.807, 2.05) is 6.92 Å². The van der Waals surface area contributed by atoms with Crippen LogP contribution in [0.1, 0.15) is 43.1 Å². The zero-order chi connectivity index (χ0) is 27.8. The zero-order valence-corrected chi connectivity index (χ0v) is 21.9. The number of carboxylic acids is 1. The number of aliphatic carboxylic acids is 1. The normalized spacial score (nSPS) is 11.5. The van der Waals surface area contributed by atoms with Crippen LogP contribution in [0, 0.1) is 6.92 Å². The predicted molar refractivity (Wildman–Crippen MR) is 141 cm³/mol. The van der Waals surface area contributed by atoms with Gasteiger partial charge in [-0.3, -0.25) is 14.9 Å². The van der Waals surface area contributed by atoms with Crippen LogP contribution in [-0.2, 0) is 11.3 Å². The lowest BCUT2D eigenvalue weighted by Gasteiger charge is -2.20. The maximum Gasteiger partial charge on any atom is 0.319 e. The second-order valence-corrected chi connectivity index (χ2v) is 8.59. The number of nitrogens with zero attached hydrogens (tertiary/aromatic N) is 2. The molecule has 0 aliphatic rings. The number of aryl methyl sites for hydroxylation is 1. The van der Waals surface area contributed by atoms with E-state index in [-0.39, 0.29) is 12.2 Å². The molecule has 0 saturated heterocycles. The van der Waals surface area contributed by atoms with Gasteiger partial charge in [0.25, 0.3) is 5.56 Å². The van der Waals surface area contributed by atoms with Crippen molar-refractivity contribution in [3.8, 4) is 17.2 Å². The molecule has 0 fully saturated rings. The number of hydrogen-bond acceptors (Lipinski definition) is 7. The number of aromatic hydroxyl groups is 1. The second kappa shape index (κ2) is 12.8. The molecule has 0 aliphatic heterocycles. The average Bonchev–Trinajstić information content (AvgIpc) is 2.87. The summed E-state index contributed by atoms with van der Waals surface area (Å²) in [5.74, 6) is -0.788. The third kappa shape index (κ3) is 6.94. The molecule has 0 unspecified atom stereocenters. The lowest BCUT2D eigenvalue weighted by molar-refractivity contribution is -0.137. The molecule has 38 heavy (non-hydrogen) atoms. The number of carbonyl (C=O) groups excluding carboxylic acids is 1. The molecule has 0 spiro atoms. The Morgan fingerprint density at radius 1 is 1.11 bits per heavy atom. The van der Waals surface area contributed by atoms with Gasteiger partial charge in [-0.15, -0.1) is 0 Å². The minimum Gasteiger partial charge on any atom is -0.504 e. The Hall–Kier alpha value is -4.25. The van der Waals surface area contributed by atoms with Crippen LogP contribution in [0.4, 0.5) is 10.5 Å². The minimum atomic E-state index is -1.16. The Bertz CT molecular complexity index is 1380. The maximum absolute atomic E-state index is 13.1. The van der Waals surface area contributed by atoms with Crippen molar-refractivity contribution >= 4 is 29.3 Å². The molecule has 4 N–H and O–H groups in total. The average molecular weight is 545 g/mol. The number of urea groups is 1. The maximum atomic E-state index is 13.1. The highest BCUT2D eigenvalue weighted by atomic mass is 35.5. The number of amides is 2. The number of benzene rings is 2. The monoisotopic (exact) mass is 544 g/mol. The number of halogens is 1. The molecule has 11 nitrogen and oxygen atoms in total. The smallest absolute Gasteiger partial charge is 0.319 e. The van der Waals surface area contributed by atoms with Gasteiger partial charge in [-0.25, -0.2) is 9.48 Å². The van der Waals surface area contributed by atoms with Gasteiger partial charge in [0.15, 0.2) is 22.9 Å². The summed E-state index contributed by atoms with van der Waals surface area (Å²) in [7, 11) is 0. The van der Waals surface area contributed by atoms with Crippen molar-refractivity contribution < 1.29 is 29.3 Å². The van der Waals surface area contributed by atoms with Crippen LogP contribution in [0.5, 0.6) is 17.2 Å². The van der Waals surface area contributed by atoms with E-state index >= 15 is 0 Å². The quantitative estimate of drug-likeness (QED) is 0.281. The molecule has 3 aromatic rings. The van der Waals surface area contributed by atoms with E-state index < -0.39 is 41.5 Å². The molecule has 202 valence electrons. The van der Waals surface area contributed by atoms with Crippen LogP contribution >= 0.6 is 11.6 Å². The number of carbonyl (C=O) groups is 2. The van der Waals surface area contributed by atoms with Gasteiger partial charge in [0, 0.05) is 5.02 Å². The van der Waals surface area contributed by atoms with Crippen LogP contribution in [-0.4, -0.2) is 45.2 Å². The van der Waals surface area contributed by atoms with Crippen molar-refractivity contribution in [1.82, 2.24) is 15.1 Å². The molecular weight excluding hydrogens is 516 g/mol. The Morgan fingerprint density at radius 3 is 2.45 bits per heavy atom. The zero-order valence-electron chi connectivity index (χ0n) is 21.2. The van der Waals surface area contributed by atoms with Crippen molar-refractivity contribution in [2.45, 2.75) is 39.8 Å². The molecule has 3 rings (SSSR count). The third-order valence-corrected chi connectivity index (χ3v) is 5.84. The van der Waals surface area contributed by atoms with Gasteiger partial charge in [-0.2, -0.15) is 5.10 Å². The topological polar surface area (TPSA) is 152 Å². The summed E-state index contributed by atoms with van der Waals surface area (Å²) in [6.07, 6.45) is -0.453. The molecule has 0 aliphatic carbocycles. The van der Waals surface area contributed by atoms with Gasteiger partial charge in [0.2, 0.25) is 0 Å². The Kier molecular flexibility index (Phi) is 9.55. The van der Waals surface area contributed by atoms with Crippen LogP contribution in [0.2, 0.25) is 5.02 Å². The van der Waals surface area contributed by atoms with Crippen LogP contribution in [0.15, 0.2) is 47.3 Å². The first-order valence-electron chi connectivity index (χ1n) is 11.9. The molecule has 0 saturated carbocycles. The van der Waals surface area contributed by atoms with Gasteiger partial charge < -0.3 is 25.0 Å². The highest BCUT2D eigenvalue weighted by Crippen LogP contribution is 2.32.